The van der Waals surface area contributed by atoms with E-state index in [9.17, 15) is 9.59 Å². The van der Waals surface area contributed by atoms with E-state index in [1.165, 1.54) is 5.56 Å². The maximum atomic E-state index is 13.2. The summed E-state index contributed by atoms with van der Waals surface area (Å²) in [6, 6.07) is 15.1. The third-order valence-electron chi connectivity index (χ3n) is 5.82. The second-order valence-corrected chi connectivity index (χ2v) is 8.34. The monoisotopic (exact) mass is 398 g/mol. The van der Waals surface area contributed by atoms with E-state index in [0.29, 0.717) is 35.2 Å². The van der Waals surface area contributed by atoms with Gasteiger partial charge in [-0.05, 0) is 54.8 Å². The van der Waals surface area contributed by atoms with Gasteiger partial charge in [-0.1, -0.05) is 26.0 Å². The van der Waals surface area contributed by atoms with Gasteiger partial charge in [-0.15, -0.1) is 0 Å². The molecule has 1 aliphatic carbocycles. The van der Waals surface area contributed by atoms with E-state index in [2.05, 4.69) is 29.9 Å². The third-order valence-corrected chi connectivity index (χ3v) is 5.82. The zero-order chi connectivity index (χ0) is 21.0. The number of pyridine rings is 1. The first-order valence-electron chi connectivity index (χ1n) is 10.3. The predicted molar refractivity (Wildman–Crippen MR) is 116 cm³/mol. The number of Topliss-reactive ketones (excluding diaryl/α,β-unsaturated/α-hetero) is 2. The molecular weight excluding hydrogens is 376 g/mol. The van der Waals surface area contributed by atoms with Crippen LogP contribution in [0.4, 0.5) is 0 Å². The van der Waals surface area contributed by atoms with E-state index < -0.39 is 5.92 Å². The number of rotatable bonds is 3. The predicted octanol–water partition coefficient (Wildman–Crippen LogP) is 4.69. The number of hydrogen-bond acceptors (Lipinski definition) is 5. The number of carbonyl (C=O) groups is 2. The lowest BCUT2D eigenvalue weighted by atomic mass is 9.97. The molecule has 1 aromatic heterocycles. The van der Waals surface area contributed by atoms with Gasteiger partial charge in [-0.25, -0.2) is 4.99 Å². The average Bonchev–Trinajstić information content (AvgIpc) is 3.28. The van der Waals surface area contributed by atoms with Crippen LogP contribution in [0.25, 0.3) is 10.9 Å². The van der Waals surface area contributed by atoms with Crippen LogP contribution in [0.3, 0.4) is 0 Å². The standard InChI is InChI=1S/C25H22N2O3/c1-13(2)15-5-8-20-16(10-15)6-9-21(27-20)22-23(28)18-7-4-17(11-19(18)24(22)29)25-26-12-14(3)30-25/h4-11,13-14,22H,12H2,1-3H3. The van der Waals surface area contributed by atoms with Crippen molar-refractivity contribution in [2.75, 3.05) is 6.54 Å². The Kier molecular flexibility index (Phi) is 4.28. The van der Waals surface area contributed by atoms with Gasteiger partial charge in [0.15, 0.2) is 11.6 Å². The number of hydrogen-bond donors (Lipinski definition) is 0. The first-order chi connectivity index (χ1) is 14.4. The van der Waals surface area contributed by atoms with E-state index >= 15 is 0 Å². The molecular formula is C25H22N2O3. The molecule has 5 heteroatoms. The molecule has 30 heavy (non-hydrogen) atoms. The zero-order valence-electron chi connectivity index (χ0n) is 17.2. The van der Waals surface area contributed by atoms with Crippen LogP contribution in [0, 0.1) is 0 Å². The first-order valence-corrected chi connectivity index (χ1v) is 10.3. The largest absolute Gasteiger partial charge is 0.472 e. The van der Waals surface area contributed by atoms with Crippen LogP contribution in [0.5, 0.6) is 0 Å². The molecule has 3 aromatic rings. The molecule has 2 heterocycles. The quantitative estimate of drug-likeness (QED) is 0.601. The van der Waals surface area contributed by atoms with Gasteiger partial charge in [0.1, 0.15) is 12.0 Å². The second kappa shape index (κ2) is 6.87. The molecule has 0 spiro atoms. The van der Waals surface area contributed by atoms with Crippen molar-refractivity contribution in [1.82, 2.24) is 4.98 Å². The summed E-state index contributed by atoms with van der Waals surface area (Å²) in [6.45, 7) is 6.84. The van der Waals surface area contributed by atoms with Gasteiger partial charge in [0.25, 0.3) is 0 Å². The highest BCUT2D eigenvalue weighted by molar-refractivity contribution is 6.30. The Bertz CT molecular complexity index is 1240. The Balaban J connectivity index is 1.51. The third kappa shape index (κ3) is 2.93. The summed E-state index contributed by atoms with van der Waals surface area (Å²) in [7, 11) is 0. The number of carbonyl (C=O) groups excluding carboxylic acids is 2. The Morgan fingerprint density at radius 3 is 2.50 bits per heavy atom. The molecule has 0 radical (unpaired) electrons. The molecule has 5 nitrogen and oxygen atoms in total. The van der Waals surface area contributed by atoms with Crippen molar-refractivity contribution in [2.45, 2.75) is 38.7 Å². The first kappa shape index (κ1) is 18.7. The van der Waals surface area contributed by atoms with Crippen molar-refractivity contribution < 1.29 is 14.3 Å². The fourth-order valence-electron chi connectivity index (χ4n) is 4.11. The van der Waals surface area contributed by atoms with E-state index in [1.807, 2.05) is 25.1 Å². The maximum Gasteiger partial charge on any atom is 0.216 e. The molecule has 150 valence electrons. The normalized spacial score (nSPS) is 20.6. The molecule has 0 saturated carbocycles. The second-order valence-electron chi connectivity index (χ2n) is 8.34. The van der Waals surface area contributed by atoms with Crippen molar-refractivity contribution in [3.63, 3.8) is 0 Å². The van der Waals surface area contributed by atoms with Crippen LogP contribution < -0.4 is 0 Å². The zero-order valence-corrected chi connectivity index (χ0v) is 17.2. The summed E-state index contributed by atoms with van der Waals surface area (Å²) in [5.74, 6) is -0.357. The summed E-state index contributed by atoms with van der Waals surface area (Å²) < 4.78 is 5.70. The topological polar surface area (TPSA) is 68.6 Å². The van der Waals surface area contributed by atoms with Gasteiger partial charge in [0.05, 0.1) is 17.8 Å². The van der Waals surface area contributed by atoms with Gasteiger partial charge in [0, 0.05) is 22.1 Å². The van der Waals surface area contributed by atoms with Crippen LogP contribution in [0.2, 0.25) is 0 Å². The highest BCUT2D eigenvalue weighted by Gasteiger charge is 2.41. The number of fused-ring (bicyclic) bond motifs is 2. The lowest BCUT2D eigenvalue weighted by Crippen LogP contribution is -2.14. The molecule has 2 atom stereocenters. The van der Waals surface area contributed by atoms with E-state index in [-0.39, 0.29) is 17.7 Å². The number of ketones is 2. The highest BCUT2D eigenvalue weighted by Crippen LogP contribution is 2.35. The number of benzene rings is 2. The summed E-state index contributed by atoms with van der Waals surface area (Å²) >= 11 is 0. The molecule has 1 aliphatic heterocycles. The van der Waals surface area contributed by atoms with Crippen molar-refractivity contribution in [3.8, 4) is 0 Å². The smallest absolute Gasteiger partial charge is 0.216 e. The minimum atomic E-state index is -0.894. The van der Waals surface area contributed by atoms with E-state index in [0.717, 1.165) is 16.5 Å². The molecule has 2 aromatic carbocycles. The summed E-state index contributed by atoms with van der Waals surface area (Å²) in [5.41, 5.74) is 4.11. The van der Waals surface area contributed by atoms with Gasteiger partial charge in [-0.3, -0.25) is 14.6 Å². The molecule has 2 aliphatic rings. The fraction of sp³-hybridized carbons (Fsp3) is 0.280. The van der Waals surface area contributed by atoms with Gasteiger partial charge >= 0.3 is 0 Å². The van der Waals surface area contributed by atoms with Crippen molar-refractivity contribution >= 4 is 28.4 Å². The van der Waals surface area contributed by atoms with E-state index in [4.69, 9.17) is 4.74 Å². The Morgan fingerprint density at radius 1 is 0.967 bits per heavy atom. The summed E-state index contributed by atoms with van der Waals surface area (Å²) in [5, 5.41) is 1.01. The molecule has 0 fully saturated rings. The molecule has 2 unspecified atom stereocenters. The number of aliphatic imine (C=N–C) groups is 1. The lowest BCUT2D eigenvalue weighted by Gasteiger charge is -2.10. The average molecular weight is 398 g/mol. The minimum absolute atomic E-state index is 0.0244. The Morgan fingerprint density at radius 2 is 1.77 bits per heavy atom. The summed E-state index contributed by atoms with van der Waals surface area (Å²) in [4.78, 5) is 35.3. The van der Waals surface area contributed by atoms with Crippen molar-refractivity contribution in [2.24, 2.45) is 4.99 Å². The van der Waals surface area contributed by atoms with Crippen LogP contribution in [0.15, 0.2) is 53.5 Å². The Hall–Kier alpha value is -3.34. The minimum Gasteiger partial charge on any atom is -0.472 e. The van der Waals surface area contributed by atoms with Gasteiger partial charge in [-0.2, -0.15) is 0 Å². The number of ether oxygens (including phenoxy) is 1. The Labute approximate surface area is 174 Å². The van der Waals surface area contributed by atoms with Crippen LogP contribution in [-0.4, -0.2) is 35.1 Å². The SMILES string of the molecule is CC1CN=C(c2ccc3c(c2)C(=O)C(c2ccc4cc(C(C)C)ccc4n2)C3=O)O1. The number of nitrogens with zero attached hydrogens (tertiary/aromatic N) is 2. The van der Waals surface area contributed by atoms with E-state index in [1.54, 1.807) is 24.3 Å². The molecule has 0 N–H and O–H groups in total. The van der Waals surface area contributed by atoms with Crippen LogP contribution in [-0.2, 0) is 4.74 Å². The highest BCUT2D eigenvalue weighted by atomic mass is 16.5. The molecule has 0 saturated heterocycles. The van der Waals surface area contributed by atoms with Crippen molar-refractivity contribution in [3.05, 3.63) is 76.5 Å². The van der Waals surface area contributed by atoms with Crippen LogP contribution in [0.1, 0.15) is 70.1 Å². The van der Waals surface area contributed by atoms with Crippen molar-refractivity contribution in [1.29, 1.82) is 0 Å². The lowest BCUT2D eigenvalue weighted by molar-refractivity contribution is 0.0888. The van der Waals surface area contributed by atoms with Gasteiger partial charge < -0.3 is 4.74 Å². The molecule has 5 rings (SSSR count). The molecule has 0 bridgehead atoms. The molecule has 0 amide bonds. The van der Waals surface area contributed by atoms with Crippen LogP contribution >= 0.6 is 0 Å². The van der Waals surface area contributed by atoms with Gasteiger partial charge in [0.2, 0.25) is 5.90 Å². The summed E-state index contributed by atoms with van der Waals surface area (Å²) in [6.07, 6.45) is 0.0244. The maximum absolute atomic E-state index is 13.2. The fourth-order valence-corrected chi connectivity index (χ4v) is 4.11. The number of aromatic nitrogens is 1.